The Kier molecular flexibility index (Phi) is 4.90. The maximum atomic E-state index is 12.1. The molecule has 20 heavy (non-hydrogen) atoms. The minimum Gasteiger partial charge on any atom is -0.349 e. The van der Waals surface area contributed by atoms with Gasteiger partial charge in [0.25, 0.3) is 5.91 Å². The van der Waals surface area contributed by atoms with Gasteiger partial charge < -0.3 is 10.6 Å². The second-order valence-electron chi connectivity index (χ2n) is 4.55. The average molecular weight is 288 g/mol. The van der Waals surface area contributed by atoms with E-state index < -0.39 is 0 Å². The van der Waals surface area contributed by atoms with Crippen LogP contribution < -0.4 is 10.6 Å². The maximum Gasteiger partial charge on any atom is 0.251 e. The summed E-state index contributed by atoms with van der Waals surface area (Å²) < 4.78 is 0. The van der Waals surface area contributed by atoms with Gasteiger partial charge in [-0.15, -0.1) is 0 Å². The highest BCUT2D eigenvalue weighted by Gasteiger charge is 2.10. The molecule has 4 nitrogen and oxygen atoms in total. The summed E-state index contributed by atoms with van der Waals surface area (Å²) >= 11 is 1.65. The van der Waals surface area contributed by atoms with Gasteiger partial charge in [-0.05, 0) is 60.0 Å². The van der Waals surface area contributed by atoms with Gasteiger partial charge in [0.05, 0.1) is 0 Å². The van der Waals surface area contributed by atoms with Gasteiger partial charge in [0.1, 0.15) is 0 Å². The van der Waals surface area contributed by atoms with E-state index in [1.54, 1.807) is 35.6 Å². The predicted octanol–water partition coefficient (Wildman–Crippen LogP) is 2.68. The summed E-state index contributed by atoms with van der Waals surface area (Å²) in [6.45, 7) is 1.98. The Balaban J connectivity index is 1.92. The van der Waals surface area contributed by atoms with Crippen LogP contribution >= 0.6 is 11.3 Å². The summed E-state index contributed by atoms with van der Waals surface area (Å²) in [6.07, 6.45) is 1.43. The quantitative estimate of drug-likeness (QED) is 0.803. The molecule has 0 saturated carbocycles. The van der Waals surface area contributed by atoms with Crippen LogP contribution in [0.15, 0.2) is 41.1 Å². The number of thiophene rings is 1. The summed E-state index contributed by atoms with van der Waals surface area (Å²) in [5.41, 5.74) is 2.48. The summed E-state index contributed by atoms with van der Waals surface area (Å²) in [5, 5.41) is 9.61. The molecule has 1 atom stereocenters. The highest BCUT2D eigenvalue weighted by Crippen LogP contribution is 2.11. The van der Waals surface area contributed by atoms with Gasteiger partial charge in [0, 0.05) is 17.3 Å². The number of carbonyl (C=O) groups excluding carboxylic acids is 2. The lowest BCUT2D eigenvalue weighted by Crippen LogP contribution is -2.33. The number of anilines is 1. The first kappa shape index (κ1) is 14.3. The van der Waals surface area contributed by atoms with E-state index in [1.165, 1.54) is 5.56 Å². The molecular weight excluding hydrogens is 272 g/mol. The Bertz CT molecular complexity index is 564. The molecule has 1 aromatic carbocycles. The fourth-order valence-electron chi connectivity index (χ4n) is 1.91. The molecule has 0 aliphatic rings. The molecule has 2 amide bonds. The third-order valence-electron chi connectivity index (χ3n) is 2.87. The maximum absolute atomic E-state index is 12.1. The van der Waals surface area contributed by atoms with Crippen molar-refractivity contribution in [2.75, 3.05) is 5.32 Å². The topological polar surface area (TPSA) is 58.2 Å². The zero-order valence-electron chi connectivity index (χ0n) is 11.1. The van der Waals surface area contributed by atoms with Crippen molar-refractivity contribution in [3.05, 3.63) is 52.2 Å². The predicted molar refractivity (Wildman–Crippen MR) is 81.1 cm³/mol. The molecule has 5 heteroatoms. The zero-order chi connectivity index (χ0) is 14.4. The minimum absolute atomic E-state index is 0.0740. The van der Waals surface area contributed by atoms with Crippen molar-refractivity contribution in [2.24, 2.45) is 0 Å². The van der Waals surface area contributed by atoms with Gasteiger partial charge in [-0.2, -0.15) is 11.3 Å². The van der Waals surface area contributed by atoms with Crippen LogP contribution in [0.25, 0.3) is 0 Å². The van der Waals surface area contributed by atoms with Crippen LogP contribution in [0.1, 0.15) is 22.8 Å². The third kappa shape index (κ3) is 3.93. The van der Waals surface area contributed by atoms with Gasteiger partial charge >= 0.3 is 0 Å². The first-order valence-corrected chi connectivity index (χ1v) is 7.25. The van der Waals surface area contributed by atoms with Gasteiger partial charge in [-0.3, -0.25) is 9.59 Å². The van der Waals surface area contributed by atoms with Crippen molar-refractivity contribution in [2.45, 2.75) is 19.4 Å². The molecule has 2 aromatic rings. The Morgan fingerprint density at radius 2 is 2.05 bits per heavy atom. The lowest BCUT2D eigenvalue weighted by Gasteiger charge is -2.13. The molecule has 0 bridgehead atoms. The van der Waals surface area contributed by atoms with Crippen LogP contribution in [0, 0.1) is 0 Å². The molecule has 0 radical (unpaired) electrons. The molecule has 1 heterocycles. The highest BCUT2D eigenvalue weighted by molar-refractivity contribution is 7.07. The van der Waals surface area contributed by atoms with E-state index in [2.05, 4.69) is 22.1 Å². The fraction of sp³-hybridized carbons (Fsp3) is 0.200. The molecule has 1 aromatic heterocycles. The van der Waals surface area contributed by atoms with Gasteiger partial charge in [-0.25, -0.2) is 0 Å². The highest BCUT2D eigenvalue weighted by atomic mass is 32.1. The van der Waals surface area contributed by atoms with Gasteiger partial charge in [-0.1, -0.05) is 0 Å². The monoisotopic (exact) mass is 288 g/mol. The standard InChI is InChI=1S/C15H16N2O2S/c1-11(8-12-6-7-20-9-12)17-15(19)13-2-4-14(5-3-13)16-10-18/h2-7,9-11H,8H2,1H3,(H,16,18)(H,17,19)/t11-/m0/s1. The fourth-order valence-corrected chi connectivity index (χ4v) is 2.59. The molecule has 0 aliphatic heterocycles. The lowest BCUT2D eigenvalue weighted by molar-refractivity contribution is -0.105. The van der Waals surface area contributed by atoms with Crippen LogP contribution in [0.4, 0.5) is 5.69 Å². The van der Waals surface area contributed by atoms with Gasteiger partial charge in [0.2, 0.25) is 6.41 Å². The molecule has 2 N–H and O–H groups in total. The number of carbonyl (C=O) groups is 2. The lowest BCUT2D eigenvalue weighted by atomic mass is 10.1. The molecule has 104 valence electrons. The van der Waals surface area contributed by atoms with Crippen LogP contribution in [-0.2, 0) is 11.2 Å². The van der Waals surface area contributed by atoms with Crippen LogP contribution in [0.3, 0.4) is 0 Å². The number of rotatable bonds is 6. The second kappa shape index (κ2) is 6.86. The summed E-state index contributed by atoms with van der Waals surface area (Å²) in [4.78, 5) is 22.4. The number of nitrogens with one attached hydrogen (secondary N) is 2. The molecule has 0 aliphatic carbocycles. The largest absolute Gasteiger partial charge is 0.349 e. The summed E-state index contributed by atoms with van der Waals surface area (Å²) in [6, 6.07) is 8.93. The summed E-state index contributed by atoms with van der Waals surface area (Å²) in [5.74, 6) is -0.106. The number of hydrogen-bond acceptors (Lipinski definition) is 3. The van der Waals surface area contributed by atoms with E-state index in [1.807, 2.05) is 12.3 Å². The van der Waals surface area contributed by atoms with Crippen molar-refractivity contribution < 1.29 is 9.59 Å². The normalized spacial score (nSPS) is 11.7. The van der Waals surface area contributed by atoms with E-state index in [0.29, 0.717) is 17.7 Å². The number of benzene rings is 1. The van der Waals surface area contributed by atoms with Crippen LogP contribution in [0.2, 0.25) is 0 Å². The number of amides is 2. The van der Waals surface area contributed by atoms with Crippen LogP contribution in [-0.4, -0.2) is 18.4 Å². The molecule has 0 spiro atoms. The first-order valence-electron chi connectivity index (χ1n) is 6.31. The SMILES string of the molecule is C[C@@H](Cc1ccsc1)NC(=O)c1ccc(NC=O)cc1. The Hall–Kier alpha value is -2.14. The Morgan fingerprint density at radius 1 is 1.30 bits per heavy atom. The summed E-state index contributed by atoms with van der Waals surface area (Å²) in [7, 11) is 0. The average Bonchev–Trinajstić information content (AvgIpc) is 2.92. The van der Waals surface area contributed by atoms with Gasteiger partial charge in [0.15, 0.2) is 0 Å². The van der Waals surface area contributed by atoms with E-state index in [0.717, 1.165) is 6.42 Å². The minimum atomic E-state index is -0.106. The van der Waals surface area contributed by atoms with Crippen molar-refractivity contribution in [1.29, 1.82) is 0 Å². The Morgan fingerprint density at radius 3 is 2.65 bits per heavy atom. The Labute approximate surface area is 121 Å². The molecule has 0 saturated heterocycles. The van der Waals surface area contributed by atoms with E-state index in [-0.39, 0.29) is 11.9 Å². The molecule has 0 fully saturated rings. The molecule has 0 unspecified atom stereocenters. The first-order chi connectivity index (χ1) is 9.69. The zero-order valence-corrected chi connectivity index (χ0v) is 11.9. The second-order valence-corrected chi connectivity index (χ2v) is 5.33. The number of hydrogen-bond donors (Lipinski definition) is 2. The van der Waals surface area contributed by atoms with Crippen molar-refractivity contribution in [3.8, 4) is 0 Å². The molecular formula is C15H16N2O2S. The van der Waals surface area contributed by atoms with E-state index >= 15 is 0 Å². The van der Waals surface area contributed by atoms with Crippen molar-refractivity contribution in [1.82, 2.24) is 5.32 Å². The van der Waals surface area contributed by atoms with Crippen molar-refractivity contribution in [3.63, 3.8) is 0 Å². The molecule has 2 rings (SSSR count). The third-order valence-corrected chi connectivity index (χ3v) is 3.60. The van der Waals surface area contributed by atoms with E-state index in [4.69, 9.17) is 0 Å². The van der Waals surface area contributed by atoms with Crippen LogP contribution in [0.5, 0.6) is 0 Å². The smallest absolute Gasteiger partial charge is 0.251 e. The van der Waals surface area contributed by atoms with E-state index in [9.17, 15) is 9.59 Å². The van der Waals surface area contributed by atoms with Crippen molar-refractivity contribution >= 4 is 29.3 Å².